The first kappa shape index (κ1) is 33.0. The summed E-state index contributed by atoms with van der Waals surface area (Å²) in [5.74, 6) is -0.0139. The molecule has 17 N–H and O–H groups in total. The van der Waals surface area contributed by atoms with E-state index in [0.717, 1.165) is 32.1 Å². The van der Waals surface area contributed by atoms with Gasteiger partial charge in [-0.25, -0.2) is 14.4 Å². The van der Waals surface area contributed by atoms with Gasteiger partial charge in [-0.05, 0) is 51.6 Å². The predicted octanol–water partition coefficient (Wildman–Crippen LogP) is -2.37. The summed E-state index contributed by atoms with van der Waals surface area (Å²) in [7, 11) is 0. The smallest absolute Gasteiger partial charge is 0.315 e. The summed E-state index contributed by atoms with van der Waals surface area (Å²) < 4.78 is 0. The summed E-state index contributed by atoms with van der Waals surface area (Å²) in [5, 5.41) is 13.8. The minimum Gasteiger partial charge on any atom is -0.370 e. The topological polar surface area (TPSA) is 280 Å². The molecule has 36 heavy (non-hydrogen) atoms. The standard InChI is InChI=1S/C21H48N12O3/c22-9-3-1-6-15(12-24)32-20(35)30-14-17(7-2-4-10-23)33-21(36)29-13-16(31-19(27)34)8-5-11-28-18(25)26/h15-17H,1-14,22-24H2,(H4,25,26,28)(H3,27,31,34)(H2,29,33,36)(H2,30,32,35). The molecule has 0 aromatic rings. The van der Waals surface area contributed by atoms with Crippen LogP contribution in [-0.4, -0.2) is 81.4 Å². The average molecular weight is 517 g/mol. The van der Waals surface area contributed by atoms with Crippen molar-refractivity contribution in [3.05, 3.63) is 0 Å². The van der Waals surface area contributed by atoms with Crippen LogP contribution in [0.25, 0.3) is 0 Å². The molecule has 0 bridgehead atoms. The van der Waals surface area contributed by atoms with E-state index in [1.54, 1.807) is 0 Å². The van der Waals surface area contributed by atoms with Gasteiger partial charge in [0.2, 0.25) is 0 Å². The molecule has 6 amide bonds. The Kier molecular flexibility index (Phi) is 19.5. The number of nitrogens with two attached hydrogens (primary N) is 6. The van der Waals surface area contributed by atoms with E-state index in [9.17, 15) is 14.4 Å². The molecule has 0 aromatic carbocycles. The van der Waals surface area contributed by atoms with Gasteiger partial charge in [0.15, 0.2) is 5.96 Å². The largest absolute Gasteiger partial charge is 0.370 e. The van der Waals surface area contributed by atoms with E-state index >= 15 is 0 Å². The van der Waals surface area contributed by atoms with E-state index < -0.39 is 18.1 Å². The van der Waals surface area contributed by atoms with Crippen LogP contribution in [0.15, 0.2) is 4.99 Å². The second-order valence-electron chi connectivity index (χ2n) is 8.56. The van der Waals surface area contributed by atoms with Crippen molar-refractivity contribution in [1.82, 2.24) is 26.6 Å². The molecule has 15 heteroatoms. The third-order valence-corrected chi connectivity index (χ3v) is 5.34. The number of hydrogen-bond donors (Lipinski definition) is 11. The molecule has 0 fully saturated rings. The number of nitrogens with zero attached hydrogens (tertiary/aromatic N) is 1. The summed E-state index contributed by atoms with van der Waals surface area (Å²) >= 11 is 0. The Morgan fingerprint density at radius 2 is 1.11 bits per heavy atom. The number of carbonyl (C=O) groups excluding carboxylic acids is 3. The maximum Gasteiger partial charge on any atom is 0.315 e. The van der Waals surface area contributed by atoms with Gasteiger partial charge in [-0.15, -0.1) is 0 Å². The molecule has 3 unspecified atom stereocenters. The van der Waals surface area contributed by atoms with Crippen LogP contribution < -0.4 is 61.0 Å². The molecule has 0 aliphatic heterocycles. The lowest BCUT2D eigenvalue weighted by molar-refractivity contribution is 0.227. The Labute approximate surface area is 213 Å². The molecule has 0 aliphatic carbocycles. The Morgan fingerprint density at radius 3 is 1.58 bits per heavy atom. The van der Waals surface area contributed by atoms with Gasteiger partial charge in [0.1, 0.15) is 0 Å². The van der Waals surface area contributed by atoms with E-state index in [1.165, 1.54) is 0 Å². The highest BCUT2D eigenvalue weighted by molar-refractivity contribution is 5.76. The van der Waals surface area contributed by atoms with E-state index in [2.05, 4.69) is 31.6 Å². The van der Waals surface area contributed by atoms with E-state index in [-0.39, 0.29) is 37.2 Å². The zero-order chi connectivity index (χ0) is 27.2. The normalized spacial score (nSPS) is 13.1. The minimum atomic E-state index is -0.697. The van der Waals surface area contributed by atoms with Crippen molar-refractivity contribution in [2.75, 3.05) is 39.3 Å². The van der Waals surface area contributed by atoms with E-state index in [1.807, 2.05) is 0 Å². The third kappa shape index (κ3) is 19.3. The Bertz CT molecular complexity index is 646. The summed E-state index contributed by atoms with van der Waals surface area (Å²) in [6, 6.07) is -2.34. The zero-order valence-electron chi connectivity index (χ0n) is 21.3. The minimum absolute atomic E-state index is 0.0139. The Morgan fingerprint density at radius 1 is 0.639 bits per heavy atom. The maximum absolute atomic E-state index is 12.5. The van der Waals surface area contributed by atoms with Crippen LogP contribution in [0.3, 0.4) is 0 Å². The number of rotatable bonds is 20. The van der Waals surface area contributed by atoms with E-state index in [4.69, 9.17) is 34.4 Å². The lowest BCUT2D eigenvalue weighted by Gasteiger charge is -2.23. The lowest BCUT2D eigenvalue weighted by atomic mass is 10.1. The molecule has 0 rings (SSSR count). The lowest BCUT2D eigenvalue weighted by Crippen LogP contribution is -2.53. The maximum atomic E-state index is 12.5. The number of carbonyl (C=O) groups is 3. The summed E-state index contributed by atoms with van der Waals surface area (Å²) in [6.45, 7) is 2.23. The predicted molar refractivity (Wildman–Crippen MR) is 142 cm³/mol. The number of unbranched alkanes of at least 4 members (excludes halogenated alkanes) is 2. The fourth-order valence-corrected chi connectivity index (χ4v) is 3.42. The van der Waals surface area contributed by atoms with Gasteiger partial charge >= 0.3 is 18.1 Å². The van der Waals surface area contributed by atoms with E-state index in [0.29, 0.717) is 45.4 Å². The summed E-state index contributed by atoms with van der Waals surface area (Å²) in [5.41, 5.74) is 32.7. The first-order chi connectivity index (χ1) is 17.2. The quantitative estimate of drug-likeness (QED) is 0.0471. The Balaban J connectivity index is 4.71. The number of guanidine groups is 1. The SMILES string of the molecule is NCCCCC(CN)NC(=O)NCC(CCCCN)NC(=O)NCC(CCCN=C(N)N)NC(N)=O. The van der Waals surface area contributed by atoms with Crippen molar-refractivity contribution in [3.8, 4) is 0 Å². The highest BCUT2D eigenvalue weighted by atomic mass is 16.2. The summed E-state index contributed by atoms with van der Waals surface area (Å²) in [6.07, 6.45) is 5.79. The Hall–Kier alpha value is -3.04. The molecule has 0 spiro atoms. The van der Waals surface area contributed by atoms with Crippen molar-refractivity contribution < 1.29 is 14.4 Å². The van der Waals surface area contributed by atoms with Crippen LogP contribution in [0.5, 0.6) is 0 Å². The molecule has 0 heterocycles. The van der Waals surface area contributed by atoms with Crippen LogP contribution in [0.1, 0.15) is 51.4 Å². The summed E-state index contributed by atoms with van der Waals surface area (Å²) in [4.78, 5) is 40.0. The van der Waals surface area contributed by atoms with Crippen LogP contribution in [0, 0.1) is 0 Å². The molecule has 3 atom stereocenters. The van der Waals surface area contributed by atoms with Crippen molar-refractivity contribution >= 4 is 24.1 Å². The molecule has 0 saturated carbocycles. The van der Waals surface area contributed by atoms with Gasteiger partial charge in [0.05, 0.1) is 0 Å². The molecule has 0 aromatic heterocycles. The van der Waals surface area contributed by atoms with Gasteiger partial charge in [0.25, 0.3) is 0 Å². The number of aliphatic imine (C=N–C) groups is 1. The first-order valence-corrected chi connectivity index (χ1v) is 12.5. The van der Waals surface area contributed by atoms with Gasteiger partial charge in [-0.3, -0.25) is 4.99 Å². The van der Waals surface area contributed by atoms with Gasteiger partial charge in [-0.2, -0.15) is 0 Å². The van der Waals surface area contributed by atoms with Gasteiger partial charge < -0.3 is 61.0 Å². The van der Waals surface area contributed by atoms with Gasteiger partial charge in [-0.1, -0.05) is 12.8 Å². The third-order valence-electron chi connectivity index (χ3n) is 5.34. The van der Waals surface area contributed by atoms with Crippen LogP contribution in [-0.2, 0) is 0 Å². The zero-order valence-corrected chi connectivity index (χ0v) is 21.3. The highest BCUT2D eigenvalue weighted by Crippen LogP contribution is 2.02. The highest BCUT2D eigenvalue weighted by Gasteiger charge is 2.17. The molecule has 0 saturated heterocycles. The second kappa shape index (κ2) is 21.3. The number of primary amides is 1. The fourth-order valence-electron chi connectivity index (χ4n) is 3.42. The fraction of sp³-hybridized carbons (Fsp3) is 0.810. The number of nitrogens with one attached hydrogen (secondary N) is 5. The molecule has 0 radical (unpaired) electrons. The monoisotopic (exact) mass is 516 g/mol. The number of hydrogen-bond acceptors (Lipinski definition) is 7. The average Bonchev–Trinajstić information content (AvgIpc) is 2.82. The van der Waals surface area contributed by atoms with Gasteiger partial charge in [0, 0.05) is 44.3 Å². The first-order valence-electron chi connectivity index (χ1n) is 12.5. The van der Waals surface area contributed by atoms with Crippen molar-refractivity contribution in [2.24, 2.45) is 39.4 Å². The number of amides is 6. The van der Waals surface area contributed by atoms with Crippen molar-refractivity contribution in [2.45, 2.75) is 69.5 Å². The molecule has 0 aliphatic rings. The van der Waals surface area contributed by atoms with Crippen LogP contribution in [0.2, 0.25) is 0 Å². The van der Waals surface area contributed by atoms with Crippen LogP contribution >= 0.6 is 0 Å². The number of urea groups is 3. The van der Waals surface area contributed by atoms with Crippen molar-refractivity contribution in [3.63, 3.8) is 0 Å². The van der Waals surface area contributed by atoms with Crippen molar-refractivity contribution in [1.29, 1.82) is 0 Å². The molecule has 15 nitrogen and oxygen atoms in total. The van der Waals surface area contributed by atoms with Crippen LogP contribution in [0.4, 0.5) is 14.4 Å². The molecule has 210 valence electrons. The molecular weight excluding hydrogens is 468 g/mol. The molecular formula is C21H48N12O3. The second-order valence-corrected chi connectivity index (χ2v) is 8.56.